The maximum Gasteiger partial charge on any atom is 0.264 e. The predicted octanol–water partition coefficient (Wildman–Crippen LogP) is 4.98. The Bertz CT molecular complexity index is 1190. The van der Waals surface area contributed by atoms with Gasteiger partial charge in [0.25, 0.3) is 10.0 Å². The zero-order chi connectivity index (χ0) is 24.6. The van der Waals surface area contributed by atoms with Crippen molar-refractivity contribution in [1.82, 2.24) is 5.32 Å². The molecule has 180 valence electrons. The van der Waals surface area contributed by atoms with Crippen LogP contribution in [0.4, 0.5) is 10.1 Å². The molecule has 0 fully saturated rings. The second-order valence-electron chi connectivity index (χ2n) is 7.17. The number of sulfonamides is 1. The molecule has 0 aliphatic carbocycles. The molecular formula is C24H24ClFN2O4S2. The zero-order valence-electron chi connectivity index (χ0n) is 18.4. The molecule has 1 amide bonds. The number of nitrogens with zero attached hydrogens (tertiary/aromatic N) is 1. The summed E-state index contributed by atoms with van der Waals surface area (Å²) in [4.78, 5) is 13.7. The normalized spacial score (nSPS) is 11.1. The second-order valence-corrected chi connectivity index (χ2v) is 10.6. The van der Waals surface area contributed by atoms with Crippen molar-refractivity contribution in [2.24, 2.45) is 0 Å². The van der Waals surface area contributed by atoms with E-state index in [1.54, 1.807) is 11.8 Å². The minimum absolute atomic E-state index is 0.00945. The first-order valence-electron chi connectivity index (χ1n) is 10.4. The Morgan fingerprint density at radius 2 is 1.68 bits per heavy atom. The van der Waals surface area contributed by atoms with Crippen LogP contribution in [-0.4, -0.2) is 40.3 Å². The molecule has 3 aromatic carbocycles. The molecule has 0 heterocycles. The van der Waals surface area contributed by atoms with Crippen molar-refractivity contribution in [3.05, 3.63) is 83.6 Å². The van der Waals surface area contributed by atoms with Gasteiger partial charge in [-0.1, -0.05) is 11.6 Å². The SMILES string of the molecule is COc1ccc(S(=O)(=O)N(CC(=O)NCCCSc2ccc(Cl)cc2)c2ccc(F)cc2)cc1. The number of hydrogen-bond acceptors (Lipinski definition) is 5. The van der Waals surface area contributed by atoms with Crippen molar-refractivity contribution in [2.45, 2.75) is 16.2 Å². The van der Waals surface area contributed by atoms with Gasteiger partial charge in [0.05, 0.1) is 17.7 Å². The number of anilines is 1. The quantitative estimate of drug-likeness (QED) is 0.284. The molecule has 3 rings (SSSR count). The molecule has 6 nitrogen and oxygen atoms in total. The summed E-state index contributed by atoms with van der Waals surface area (Å²) >= 11 is 7.52. The van der Waals surface area contributed by atoms with Gasteiger partial charge in [0, 0.05) is 16.5 Å². The van der Waals surface area contributed by atoms with Gasteiger partial charge in [-0.05, 0) is 85.0 Å². The maximum atomic E-state index is 13.4. The summed E-state index contributed by atoms with van der Waals surface area (Å²) in [5.41, 5.74) is 0.186. The highest BCUT2D eigenvalue weighted by molar-refractivity contribution is 7.99. The highest BCUT2D eigenvalue weighted by Gasteiger charge is 2.27. The van der Waals surface area contributed by atoms with Crippen molar-refractivity contribution in [1.29, 1.82) is 0 Å². The van der Waals surface area contributed by atoms with Crippen molar-refractivity contribution in [3.8, 4) is 5.75 Å². The molecule has 0 atom stereocenters. The van der Waals surface area contributed by atoms with E-state index in [2.05, 4.69) is 5.32 Å². The number of halogens is 2. The summed E-state index contributed by atoms with van der Waals surface area (Å²) in [5, 5.41) is 3.43. The largest absolute Gasteiger partial charge is 0.497 e. The number of carbonyl (C=O) groups is 1. The lowest BCUT2D eigenvalue weighted by molar-refractivity contribution is -0.119. The van der Waals surface area contributed by atoms with Crippen molar-refractivity contribution >= 4 is 45.0 Å². The number of nitrogens with one attached hydrogen (secondary N) is 1. The molecule has 0 bridgehead atoms. The molecule has 0 aliphatic rings. The van der Waals surface area contributed by atoms with Gasteiger partial charge in [-0.15, -0.1) is 11.8 Å². The minimum Gasteiger partial charge on any atom is -0.497 e. The summed E-state index contributed by atoms with van der Waals surface area (Å²) in [6, 6.07) is 18.3. The molecule has 0 radical (unpaired) electrons. The van der Waals surface area contributed by atoms with Crippen molar-refractivity contribution < 1.29 is 22.3 Å². The first-order chi connectivity index (χ1) is 16.3. The summed E-state index contributed by atoms with van der Waals surface area (Å²) in [7, 11) is -2.60. The van der Waals surface area contributed by atoms with Crippen LogP contribution in [0.25, 0.3) is 0 Å². The van der Waals surface area contributed by atoms with Gasteiger partial charge in [0.1, 0.15) is 18.1 Å². The first kappa shape index (κ1) is 25.9. The van der Waals surface area contributed by atoms with E-state index >= 15 is 0 Å². The average Bonchev–Trinajstić information content (AvgIpc) is 2.84. The van der Waals surface area contributed by atoms with Crippen LogP contribution in [0.5, 0.6) is 5.75 Å². The number of ether oxygens (including phenoxy) is 1. The van der Waals surface area contributed by atoms with Gasteiger partial charge in [0.2, 0.25) is 5.91 Å². The van der Waals surface area contributed by atoms with Crippen molar-refractivity contribution in [2.75, 3.05) is 30.3 Å². The smallest absolute Gasteiger partial charge is 0.264 e. The average molecular weight is 523 g/mol. The summed E-state index contributed by atoms with van der Waals surface area (Å²) in [6.45, 7) is -0.0520. The molecule has 3 aromatic rings. The molecule has 0 saturated heterocycles. The molecule has 0 unspecified atom stereocenters. The lowest BCUT2D eigenvalue weighted by Crippen LogP contribution is -2.41. The van der Waals surface area contributed by atoms with Gasteiger partial charge in [-0.3, -0.25) is 9.10 Å². The monoisotopic (exact) mass is 522 g/mol. The molecule has 1 N–H and O–H groups in total. The van der Waals surface area contributed by atoms with E-state index < -0.39 is 28.3 Å². The van der Waals surface area contributed by atoms with E-state index in [1.807, 2.05) is 24.3 Å². The molecule has 34 heavy (non-hydrogen) atoms. The fraction of sp³-hybridized carbons (Fsp3) is 0.208. The number of methoxy groups -OCH3 is 1. The maximum absolute atomic E-state index is 13.4. The van der Waals surface area contributed by atoms with E-state index in [0.29, 0.717) is 23.7 Å². The van der Waals surface area contributed by atoms with Crippen LogP contribution in [0.15, 0.2) is 82.6 Å². The fourth-order valence-electron chi connectivity index (χ4n) is 3.00. The van der Waals surface area contributed by atoms with E-state index in [4.69, 9.17) is 16.3 Å². The van der Waals surface area contributed by atoms with Gasteiger partial charge in [0.15, 0.2) is 0 Å². The minimum atomic E-state index is -4.08. The lowest BCUT2D eigenvalue weighted by atomic mass is 10.3. The van der Waals surface area contributed by atoms with Gasteiger partial charge in [-0.2, -0.15) is 0 Å². The van der Waals surface area contributed by atoms with E-state index in [1.165, 1.54) is 43.5 Å². The van der Waals surface area contributed by atoms with E-state index in [0.717, 1.165) is 27.1 Å². The summed E-state index contributed by atoms with van der Waals surface area (Å²) in [6.07, 6.45) is 0.695. The van der Waals surface area contributed by atoms with Gasteiger partial charge >= 0.3 is 0 Å². The number of hydrogen-bond donors (Lipinski definition) is 1. The van der Waals surface area contributed by atoms with Crippen LogP contribution in [0.1, 0.15) is 6.42 Å². The molecule has 0 saturated carbocycles. The van der Waals surface area contributed by atoms with Gasteiger partial charge in [-0.25, -0.2) is 12.8 Å². The van der Waals surface area contributed by atoms with Crippen LogP contribution in [0, 0.1) is 5.82 Å². The number of benzene rings is 3. The van der Waals surface area contributed by atoms with E-state index in [-0.39, 0.29) is 10.6 Å². The molecule has 0 aliphatic heterocycles. The predicted molar refractivity (Wildman–Crippen MR) is 134 cm³/mol. The Morgan fingerprint density at radius 3 is 2.29 bits per heavy atom. The third kappa shape index (κ3) is 7.12. The van der Waals surface area contributed by atoms with Crippen LogP contribution >= 0.6 is 23.4 Å². The number of amides is 1. The molecule has 10 heteroatoms. The van der Waals surface area contributed by atoms with Crippen LogP contribution < -0.4 is 14.4 Å². The first-order valence-corrected chi connectivity index (χ1v) is 13.2. The summed E-state index contributed by atoms with van der Waals surface area (Å²) in [5.74, 6) is 0.306. The molecular weight excluding hydrogens is 499 g/mol. The topological polar surface area (TPSA) is 75.7 Å². The third-order valence-corrected chi connectivity index (χ3v) is 7.91. The summed E-state index contributed by atoms with van der Waals surface area (Å²) < 4.78 is 46.1. The Labute approximate surface area is 208 Å². The van der Waals surface area contributed by atoms with E-state index in [9.17, 15) is 17.6 Å². The van der Waals surface area contributed by atoms with Crippen LogP contribution in [-0.2, 0) is 14.8 Å². The Hall–Kier alpha value is -2.75. The zero-order valence-corrected chi connectivity index (χ0v) is 20.8. The Morgan fingerprint density at radius 1 is 1.03 bits per heavy atom. The third-order valence-electron chi connectivity index (χ3n) is 4.77. The lowest BCUT2D eigenvalue weighted by Gasteiger charge is -2.24. The Balaban J connectivity index is 1.64. The van der Waals surface area contributed by atoms with Gasteiger partial charge < -0.3 is 10.1 Å². The Kier molecular flexibility index (Phi) is 9.20. The highest BCUT2D eigenvalue weighted by atomic mass is 35.5. The number of rotatable bonds is 11. The number of thioether (sulfide) groups is 1. The highest BCUT2D eigenvalue weighted by Crippen LogP contribution is 2.25. The second kappa shape index (κ2) is 12.1. The fourth-order valence-corrected chi connectivity index (χ4v) is 5.40. The van der Waals surface area contributed by atoms with Crippen molar-refractivity contribution in [3.63, 3.8) is 0 Å². The number of carbonyl (C=O) groups excluding carboxylic acids is 1. The van der Waals surface area contributed by atoms with Crippen LogP contribution in [0.2, 0.25) is 5.02 Å². The van der Waals surface area contributed by atoms with Crippen LogP contribution in [0.3, 0.4) is 0 Å². The molecule has 0 aromatic heterocycles. The molecule has 0 spiro atoms. The standard InChI is InChI=1S/C24H24ClFN2O4S2/c1-32-21-9-13-23(14-10-21)34(30,31)28(20-7-5-19(26)6-8-20)17-24(29)27-15-2-16-33-22-11-3-18(25)4-12-22/h3-14H,2,15-17H2,1H3,(H,27,29).